The predicted octanol–water partition coefficient (Wildman–Crippen LogP) is 4.67. The average molecular weight is 277 g/mol. The molecule has 0 aliphatic rings. The quantitative estimate of drug-likeness (QED) is 0.690. The molecule has 2 heteroatoms. The maximum atomic E-state index is 4.52. The molecular weight excluding hydrogens is 250 g/mol. The van der Waals surface area contributed by atoms with Crippen LogP contribution in [-0.4, -0.2) is 6.54 Å². The third-order valence-corrected chi connectivity index (χ3v) is 3.89. The maximum absolute atomic E-state index is 4.52. The Balaban J connectivity index is 2.43. The third-order valence-electron chi connectivity index (χ3n) is 3.42. The molecule has 1 rings (SSSR count). The van der Waals surface area contributed by atoms with Crippen molar-refractivity contribution in [3.8, 4) is 0 Å². The van der Waals surface area contributed by atoms with Crippen molar-refractivity contribution in [1.29, 1.82) is 0 Å². The molecule has 19 heavy (non-hydrogen) atoms. The monoisotopic (exact) mass is 277 g/mol. The van der Waals surface area contributed by atoms with Crippen LogP contribution in [-0.2, 0) is 6.42 Å². The van der Waals surface area contributed by atoms with Crippen molar-refractivity contribution in [2.24, 2.45) is 5.92 Å². The summed E-state index contributed by atoms with van der Waals surface area (Å²) in [6, 6.07) is 4.38. The fraction of sp³-hybridized carbons (Fsp3) is 0.529. The first-order chi connectivity index (χ1) is 8.90. The molecule has 1 aromatic rings. The summed E-state index contributed by atoms with van der Waals surface area (Å²) < 4.78 is 0. The Bertz CT molecular complexity index is 435. The molecule has 0 atom stereocenters. The summed E-state index contributed by atoms with van der Waals surface area (Å²) >= 11 is 4.52. The molecule has 0 aromatic heterocycles. The molecule has 0 spiro atoms. The highest BCUT2D eigenvalue weighted by Gasteiger charge is 2.04. The highest BCUT2D eigenvalue weighted by molar-refractivity contribution is 7.80. The Morgan fingerprint density at radius 1 is 1.32 bits per heavy atom. The van der Waals surface area contributed by atoms with E-state index >= 15 is 0 Å². The van der Waals surface area contributed by atoms with Gasteiger partial charge in [0.1, 0.15) is 0 Å². The summed E-state index contributed by atoms with van der Waals surface area (Å²) in [4.78, 5) is 1.09. The van der Waals surface area contributed by atoms with Crippen molar-refractivity contribution in [2.75, 3.05) is 6.54 Å². The van der Waals surface area contributed by atoms with E-state index in [2.05, 4.69) is 64.4 Å². The zero-order valence-electron chi connectivity index (χ0n) is 12.7. The van der Waals surface area contributed by atoms with Crippen LogP contribution >= 0.6 is 12.6 Å². The van der Waals surface area contributed by atoms with Crippen molar-refractivity contribution < 1.29 is 0 Å². The van der Waals surface area contributed by atoms with Crippen molar-refractivity contribution in [2.45, 2.75) is 51.9 Å². The highest BCUT2D eigenvalue weighted by atomic mass is 32.1. The van der Waals surface area contributed by atoms with E-state index in [4.69, 9.17) is 0 Å². The Labute approximate surface area is 123 Å². The molecule has 0 amide bonds. The maximum Gasteiger partial charge on any atom is 0.0184 e. The molecule has 0 heterocycles. The smallest absolute Gasteiger partial charge is 0.0184 e. The number of hydrogen-bond donors (Lipinski definition) is 2. The van der Waals surface area contributed by atoms with Gasteiger partial charge in [0.2, 0.25) is 0 Å². The SMILES string of the molecule is C=C(CCC(C)C)NCCc1cc(C)cc(S)c1C. The Morgan fingerprint density at radius 3 is 2.63 bits per heavy atom. The number of benzene rings is 1. The van der Waals surface area contributed by atoms with E-state index in [-0.39, 0.29) is 0 Å². The molecule has 1 N–H and O–H groups in total. The second-order valence-electron chi connectivity index (χ2n) is 5.78. The minimum Gasteiger partial charge on any atom is -0.388 e. The van der Waals surface area contributed by atoms with E-state index < -0.39 is 0 Å². The fourth-order valence-electron chi connectivity index (χ4n) is 2.10. The van der Waals surface area contributed by atoms with E-state index in [1.807, 2.05) is 0 Å². The molecule has 0 aliphatic carbocycles. The van der Waals surface area contributed by atoms with Crippen molar-refractivity contribution in [1.82, 2.24) is 5.32 Å². The molecule has 1 aromatic carbocycles. The van der Waals surface area contributed by atoms with Crippen LogP contribution in [0.1, 0.15) is 43.4 Å². The lowest BCUT2D eigenvalue weighted by atomic mass is 10.0. The second-order valence-corrected chi connectivity index (χ2v) is 6.26. The van der Waals surface area contributed by atoms with Crippen LogP contribution in [0.25, 0.3) is 0 Å². The zero-order chi connectivity index (χ0) is 14.4. The van der Waals surface area contributed by atoms with Crippen LogP contribution in [0.3, 0.4) is 0 Å². The summed E-state index contributed by atoms with van der Waals surface area (Å²) in [6.07, 6.45) is 3.31. The minimum absolute atomic E-state index is 0.740. The molecular formula is C17H27NS. The van der Waals surface area contributed by atoms with Crippen LogP contribution in [0.5, 0.6) is 0 Å². The molecule has 0 unspecified atom stereocenters. The molecule has 0 saturated heterocycles. The second kappa shape index (κ2) is 7.64. The summed E-state index contributed by atoms with van der Waals surface area (Å²) in [5.74, 6) is 0.740. The molecule has 0 aliphatic heterocycles. The van der Waals surface area contributed by atoms with Gasteiger partial charge in [-0.05, 0) is 61.8 Å². The van der Waals surface area contributed by atoms with Gasteiger partial charge in [0.05, 0.1) is 0 Å². The molecule has 106 valence electrons. The van der Waals surface area contributed by atoms with E-state index in [1.54, 1.807) is 0 Å². The Morgan fingerprint density at radius 2 is 2.00 bits per heavy atom. The van der Waals surface area contributed by atoms with Gasteiger partial charge in [0, 0.05) is 17.1 Å². The van der Waals surface area contributed by atoms with Crippen molar-refractivity contribution in [3.05, 3.63) is 41.1 Å². The summed E-state index contributed by atoms with van der Waals surface area (Å²) in [7, 11) is 0. The van der Waals surface area contributed by atoms with Gasteiger partial charge in [0.15, 0.2) is 0 Å². The average Bonchev–Trinajstić information content (AvgIpc) is 2.32. The summed E-state index contributed by atoms with van der Waals surface area (Å²) in [5, 5.41) is 3.43. The van der Waals surface area contributed by atoms with Crippen LogP contribution in [0.2, 0.25) is 0 Å². The van der Waals surface area contributed by atoms with Gasteiger partial charge in [-0.15, -0.1) is 12.6 Å². The Kier molecular flexibility index (Phi) is 6.50. The summed E-state index contributed by atoms with van der Waals surface area (Å²) in [5.41, 5.74) is 5.12. The van der Waals surface area contributed by atoms with Gasteiger partial charge in [-0.2, -0.15) is 0 Å². The normalized spacial score (nSPS) is 10.8. The van der Waals surface area contributed by atoms with Crippen LogP contribution < -0.4 is 5.32 Å². The van der Waals surface area contributed by atoms with Gasteiger partial charge < -0.3 is 5.32 Å². The lowest BCUT2D eigenvalue weighted by Crippen LogP contribution is -2.17. The molecule has 0 fully saturated rings. The van der Waals surface area contributed by atoms with Crippen LogP contribution in [0, 0.1) is 19.8 Å². The number of aryl methyl sites for hydroxylation is 1. The molecule has 0 radical (unpaired) electrons. The van der Waals surface area contributed by atoms with Gasteiger partial charge in [0.25, 0.3) is 0 Å². The van der Waals surface area contributed by atoms with Gasteiger partial charge in [-0.3, -0.25) is 0 Å². The lowest BCUT2D eigenvalue weighted by Gasteiger charge is -2.13. The first-order valence-electron chi connectivity index (χ1n) is 7.11. The van der Waals surface area contributed by atoms with E-state index in [1.165, 1.54) is 23.1 Å². The fourth-order valence-corrected chi connectivity index (χ4v) is 2.45. The largest absolute Gasteiger partial charge is 0.388 e. The van der Waals surface area contributed by atoms with Crippen LogP contribution in [0.4, 0.5) is 0 Å². The number of hydrogen-bond acceptors (Lipinski definition) is 2. The first-order valence-corrected chi connectivity index (χ1v) is 7.55. The van der Waals surface area contributed by atoms with Gasteiger partial charge in [-0.1, -0.05) is 26.5 Å². The Hall–Kier alpha value is -0.890. The third kappa shape index (κ3) is 5.73. The molecule has 0 saturated carbocycles. The first kappa shape index (κ1) is 16.2. The number of nitrogens with one attached hydrogen (secondary N) is 1. The summed E-state index contributed by atoms with van der Waals surface area (Å²) in [6.45, 7) is 13.8. The number of allylic oxidation sites excluding steroid dienone is 1. The highest BCUT2D eigenvalue weighted by Crippen LogP contribution is 2.20. The molecule has 1 nitrogen and oxygen atoms in total. The van der Waals surface area contributed by atoms with Crippen LogP contribution in [0.15, 0.2) is 29.3 Å². The molecule has 0 bridgehead atoms. The van der Waals surface area contributed by atoms with Gasteiger partial charge in [-0.25, -0.2) is 0 Å². The number of rotatable bonds is 7. The topological polar surface area (TPSA) is 12.0 Å². The van der Waals surface area contributed by atoms with Crippen molar-refractivity contribution >= 4 is 12.6 Å². The van der Waals surface area contributed by atoms with Crippen molar-refractivity contribution in [3.63, 3.8) is 0 Å². The zero-order valence-corrected chi connectivity index (χ0v) is 13.6. The minimum atomic E-state index is 0.740. The van der Waals surface area contributed by atoms with E-state index in [0.717, 1.165) is 35.9 Å². The standard InChI is InChI=1S/C17H27NS/c1-12(2)6-7-14(4)18-9-8-16-10-13(3)11-17(19)15(16)5/h10-12,18-19H,4,6-9H2,1-3,5H3. The predicted molar refractivity (Wildman–Crippen MR) is 88.1 cm³/mol. The van der Waals surface area contributed by atoms with Gasteiger partial charge >= 0.3 is 0 Å². The lowest BCUT2D eigenvalue weighted by molar-refractivity contribution is 0.567. The van der Waals surface area contributed by atoms with E-state index in [0.29, 0.717) is 0 Å². The van der Waals surface area contributed by atoms with E-state index in [9.17, 15) is 0 Å². The number of thiol groups is 1.